The molecule has 0 saturated carbocycles. The first-order chi connectivity index (χ1) is 9.92. The van der Waals surface area contributed by atoms with Gasteiger partial charge in [-0.05, 0) is 25.7 Å². The van der Waals surface area contributed by atoms with E-state index in [1.54, 1.807) is 4.90 Å². The van der Waals surface area contributed by atoms with Crippen LogP contribution >= 0.6 is 11.3 Å². The number of aromatic nitrogens is 1. The number of thiazole rings is 1. The van der Waals surface area contributed by atoms with E-state index in [0.29, 0.717) is 24.0 Å². The number of amides is 2. The number of nitrogens with one attached hydrogen (secondary N) is 1. The molecule has 1 heterocycles. The third kappa shape index (κ3) is 6.71. The Morgan fingerprint density at radius 3 is 2.67 bits per heavy atom. The van der Waals surface area contributed by atoms with Crippen molar-refractivity contribution in [3.63, 3.8) is 0 Å². The van der Waals surface area contributed by atoms with E-state index in [0.717, 1.165) is 18.5 Å². The van der Waals surface area contributed by atoms with Gasteiger partial charge in [-0.3, -0.25) is 9.59 Å². The maximum absolute atomic E-state index is 12.1. The van der Waals surface area contributed by atoms with E-state index in [2.05, 4.69) is 24.1 Å². The molecule has 21 heavy (non-hydrogen) atoms. The van der Waals surface area contributed by atoms with Crippen molar-refractivity contribution in [2.75, 3.05) is 18.4 Å². The van der Waals surface area contributed by atoms with Crippen LogP contribution in [0, 0.1) is 12.8 Å². The van der Waals surface area contributed by atoms with Gasteiger partial charge in [0.05, 0.1) is 12.2 Å². The van der Waals surface area contributed by atoms with Crippen LogP contribution in [-0.2, 0) is 9.59 Å². The fourth-order valence-corrected chi connectivity index (χ4v) is 2.53. The number of anilines is 1. The maximum Gasteiger partial charge on any atom is 0.245 e. The lowest BCUT2D eigenvalue weighted by molar-refractivity contribution is -0.134. The number of nitrogens with zero attached hydrogens (tertiary/aromatic N) is 2. The van der Waals surface area contributed by atoms with Gasteiger partial charge >= 0.3 is 0 Å². The zero-order valence-corrected chi connectivity index (χ0v) is 14.1. The molecule has 0 atom stereocenters. The van der Waals surface area contributed by atoms with Crippen molar-refractivity contribution >= 4 is 28.3 Å². The average Bonchev–Trinajstić information content (AvgIpc) is 2.79. The highest BCUT2D eigenvalue weighted by atomic mass is 32.1. The topological polar surface area (TPSA) is 62.3 Å². The zero-order chi connectivity index (χ0) is 15.8. The van der Waals surface area contributed by atoms with Gasteiger partial charge in [-0.1, -0.05) is 20.8 Å². The van der Waals surface area contributed by atoms with E-state index in [1.165, 1.54) is 11.3 Å². The Kier molecular flexibility index (Phi) is 7.36. The lowest BCUT2D eigenvalue weighted by Gasteiger charge is -2.22. The molecule has 0 fully saturated rings. The van der Waals surface area contributed by atoms with E-state index in [-0.39, 0.29) is 18.4 Å². The predicted octanol–water partition coefficient (Wildman–Crippen LogP) is 3.06. The first-order valence-electron chi connectivity index (χ1n) is 7.42. The molecule has 0 aliphatic heterocycles. The Balaban J connectivity index is 2.57. The van der Waals surface area contributed by atoms with E-state index in [4.69, 9.17) is 0 Å². The molecule has 2 amide bonds. The molecule has 5 nitrogen and oxygen atoms in total. The summed E-state index contributed by atoms with van der Waals surface area (Å²) in [4.78, 5) is 30.0. The Morgan fingerprint density at radius 2 is 2.14 bits per heavy atom. The number of carbonyl (C=O) groups is 2. The Labute approximate surface area is 130 Å². The van der Waals surface area contributed by atoms with Crippen LogP contribution in [-0.4, -0.2) is 34.8 Å². The normalized spacial score (nSPS) is 10.7. The maximum atomic E-state index is 12.1. The van der Waals surface area contributed by atoms with Gasteiger partial charge in [-0.2, -0.15) is 0 Å². The molecule has 0 saturated heterocycles. The molecule has 0 aliphatic carbocycles. The van der Waals surface area contributed by atoms with Gasteiger partial charge in [0.2, 0.25) is 11.8 Å². The standard InChI is InChI=1S/C15H25N3O2S/c1-5-6-14(20)18(8-7-11(2)3)9-13(19)17-15-16-12(4)10-21-15/h10-11H,5-9H2,1-4H3,(H,16,17,19). The van der Waals surface area contributed by atoms with Crippen LogP contribution in [0.5, 0.6) is 0 Å². The summed E-state index contributed by atoms with van der Waals surface area (Å²) >= 11 is 1.40. The molecule has 1 N–H and O–H groups in total. The summed E-state index contributed by atoms with van der Waals surface area (Å²) in [7, 11) is 0. The number of rotatable bonds is 8. The van der Waals surface area contributed by atoms with Gasteiger partial charge < -0.3 is 10.2 Å². The molecule has 0 spiro atoms. The quantitative estimate of drug-likeness (QED) is 0.802. The van der Waals surface area contributed by atoms with Gasteiger partial charge in [0, 0.05) is 18.3 Å². The predicted molar refractivity (Wildman–Crippen MR) is 86.4 cm³/mol. The second-order valence-electron chi connectivity index (χ2n) is 5.59. The van der Waals surface area contributed by atoms with Crippen LogP contribution in [0.2, 0.25) is 0 Å². The second-order valence-corrected chi connectivity index (χ2v) is 6.45. The van der Waals surface area contributed by atoms with E-state index in [9.17, 15) is 9.59 Å². The van der Waals surface area contributed by atoms with Crippen molar-refractivity contribution in [1.29, 1.82) is 0 Å². The molecule has 0 radical (unpaired) electrons. The molecule has 0 bridgehead atoms. The molecular formula is C15H25N3O2S. The molecular weight excluding hydrogens is 286 g/mol. The van der Waals surface area contributed by atoms with E-state index >= 15 is 0 Å². The first-order valence-corrected chi connectivity index (χ1v) is 8.30. The third-order valence-corrected chi connectivity index (χ3v) is 3.87. The summed E-state index contributed by atoms with van der Waals surface area (Å²) in [6.07, 6.45) is 2.19. The fraction of sp³-hybridized carbons (Fsp3) is 0.667. The van der Waals surface area contributed by atoms with Gasteiger partial charge in [-0.15, -0.1) is 11.3 Å². The summed E-state index contributed by atoms with van der Waals surface area (Å²) in [5, 5.41) is 5.22. The van der Waals surface area contributed by atoms with Gasteiger partial charge in [0.25, 0.3) is 0 Å². The van der Waals surface area contributed by atoms with Crippen molar-refractivity contribution in [3.05, 3.63) is 11.1 Å². The Morgan fingerprint density at radius 1 is 1.43 bits per heavy atom. The lowest BCUT2D eigenvalue weighted by atomic mass is 10.1. The molecule has 118 valence electrons. The smallest absolute Gasteiger partial charge is 0.245 e. The average molecular weight is 311 g/mol. The highest BCUT2D eigenvalue weighted by Gasteiger charge is 2.17. The summed E-state index contributed by atoms with van der Waals surface area (Å²) in [6, 6.07) is 0. The fourth-order valence-electron chi connectivity index (χ4n) is 1.82. The molecule has 0 aliphatic rings. The number of hydrogen-bond acceptors (Lipinski definition) is 4. The highest BCUT2D eigenvalue weighted by Crippen LogP contribution is 2.14. The summed E-state index contributed by atoms with van der Waals surface area (Å²) in [6.45, 7) is 8.80. The monoisotopic (exact) mass is 311 g/mol. The molecule has 0 aromatic carbocycles. The number of carbonyl (C=O) groups excluding carboxylic acids is 2. The van der Waals surface area contributed by atoms with Crippen molar-refractivity contribution < 1.29 is 9.59 Å². The molecule has 1 rings (SSSR count). The van der Waals surface area contributed by atoms with Crippen LogP contribution in [0.3, 0.4) is 0 Å². The summed E-state index contributed by atoms with van der Waals surface area (Å²) in [5.74, 6) is 0.368. The van der Waals surface area contributed by atoms with Crippen molar-refractivity contribution in [2.45, 2.75) is 47.0 Å². The molecule has 0 unspecified atom stereocenters. The first kappa shape index (κ1) is 17.6. The van der Waals surface area contributed by atoms with Crippen molar-refractivity contribution in [3.8, 4) is 0 Å². The molecule has 1 aromatic heterocycles. The molecule has 1 aromatic rings. The highest BCUT2D eigenvalue weighted by molar-refractivity contribution is 7.13. The van der Waals surface area contributed by atoms with Gasteiger partial charge in [0.15, 0.2) is 5.13 Å². The van der Waals surface area contributed by atoms with E-state index < -0.39 is 0 Å². The third-order valence-electron chi connectivity index (χ3n) is 2.99. The summed E-state index contributed by atoms with van der Waals surface area (Å²) in [5.41, 5.74) is 0.883. The summed E-state index contributed by atoms with van der Waals surface area (Å²) < 4.78 is 0. The SMILES string of the molecule is CCCC(=O)N(CCC(C)C)CC(=O)Nc1nc(C)cs1. The Bertz CT molecular complexity index is 471. The minimum Gasteiger partial charge on any atom is -0.333 e. The second kappa shape index (κ2) is 8.77. The Hall–Kier alpha value is -1.43. The lowest BCUT2D eigenvalue weighted by Crippen LogP contribution is -2.38. The van der Waals surface area contributed by atoms with Crippen molar-refractivity contribution in [1.82, 2.24) is 9.88 Å². The van der Waals surface area contributed by atoms with Crippen LogP contribution in [0.4, 0.5) is 5.13 Å². The van der Waals surface area contributed by atoms with E-state index in [1.807, 2.05) is 19.2 Å². The number of hydrogen-bond donors (Lipinski definition) is 1. The number of aryl methyl sites for hydroxylation is 1. The van der Waals surface area contributed by atoms with Gasteiger partial charge in [0.1, 0.15) is 0 Å². The minimum absolute atomic E-state index is 0.0450. The van der Waals surface area contributed by atoms with Crippen LogP contribution in [0.15, 0.2) is 5.38 Å². The van der Waals surface area contributed by atoms with Crippen LogP contribution < -0.4 is 5.32 Å². The zero-order valence-electron chi connectivity index (χ0n) is 13.3. The van der Waals surface area contributed by atoms with Crippen LogP contribution in [0.25, 0.3) is 0 Å². The van der Waals surface area contributed by atoms with Crippen LogP contribution in [0.1, 0.15) is 45.7 Å². The molecule has 6 heteroatoms. The largest absolute Gasteiger partial charge is 0.333 e. The van der Waals surface area contributed by atoms with Gasteiger partial charge in [-0.25, -0.2) is 4.98 Å². The minimum atomic E-state index is -0.183. The van der Waals surface area contributed by atoms with Crippen molar-refractivity contribution in [2.24, 2.45) is 5.92 Å².